The third-order valence-corrected chi connectivity index (χ3v) is 6.66. The van der Waals surface area contributed by atoms with Crippen molar-refractivity contribution in [2.45, 2.75) is 22.4 Å². The molecule has 2 nitrogen and oxygen atoms in total. The first-order chi connectivity index (χ1) is 12.2. The lowest BCUT2D eigenvalue weighted by atomic mass is 10.1. The molecule has 0 aliphatic carbocycles. The van der Waals surface area contributed by atoms with E-state index in [1.807, 2.05) is 48.7 Å². The number of benzene rings is 2. The molecule has 0 bridgehead atoms. The van der Waals surface area contributed by atoms with Gasteiger partial charge in [0, 0.05) is 34.8 Å². The van der Waals surface area contributed by atoms with Gasteiger partial charge in [-0.05, 0) is 41.6 Å². The smallest absolute Gasteiger partial charge is 0.0946 e. The highest BCUT2D eigenvalue weighted by Crippen LogP contribution is 2.35. The molecule has 25 heavy (non-hydrogen) atoms. The Hall–Kier alpha value is -1.07. The van der Waals surface area contributed by atoms with Crippen LogP contribution < -0.4 is 0 Å². The van der Waals surface area contributed by atoms with E-state index in [0.29, 0.717) is 15.3 Å². The molecule has 0 spiro atoms. The second kappa shape index (κ2) is 9.04. The minimum Gasteiger partial charge on any atom is -0.336 e. The predicted molar refractivity (Wildman–Crippen MR) is 111 cm³/mol. The number of hydrogen-bond acceptors (Lipinski definition) is 3. The number of aromatic nitrogens is 2. The van der Waals surface area contributed by atoms with Crippen LogP contribution in [0.3, 0.4) is 0 Å². The number of hydrogen-bond donors (Lipinski definition) is 0. The van der Waals surface area contributed by atoms with Gasteiger partial charge in [0.25, 0.3) is 0 Å². The lowest BCUT2D eigenvalue weighted by Gasteiger charge is -2.18. The SMILES string of the molecule is CSc1ccc(C(Cn2ccnc2)SCc2ccc(Cl)c(Cl)c2)cc1. The number of rotatable bonds is 7. The Balaban J connectivity index is 1.76. The van der Waals surface area contributed by atoms with E-state index >= 15 is 0 Å². The first kappa shape index (κ1) is 18.7. The average molecular weight is 409 g/mol. The van der Waals surface area contributed by atoms with Gasteiger partial charge in [-0.2, -0.15) is 0 Å². The van der Waals surface area contributed by atoms with Crippen molar-refractivity contribution < 1.29 is 0 Å². The molecule has 1 unspecified atom stereocenters. The molecule has 0 fully saturated rings. The van der Waals surface area contributed by atoms with E-state index < -0.39 is 0 Å². The molecular weight excluding hydrogens is 391 g/mol. The lowest BCUT2D eigenvalue weighted by molar-refractivity contribution is 0.683. The minimum atomic E-state index is 0.333. The molecule has 0 saturated heterocycles. The molecule has 0 N–H and O–H groups in total. The van der Waals surface area contributed by atoms with Gasteiger partial charge in [0.15, 0.2) is 0 Å². The Morgan fingerprint density at radius 3 is 2.52 bits per heavy atom. The summed E-state index contributed by atoms with van der Waals surface area (Å²) in [7, 11) is 0. The van der Waals surface area contributed by atoms with Crippen molar-refractivity contribution in [3.63, 3.8) is 0 Å². The minimum absolute atomic E-state index is 0.333. The summed E-state index contributed by atoms with van der Waals surface area (Å²) < 4.78 is 2.12. The molecule has 2 aromatic carbocycles. The molecular formula is C19H18Cl2N2S2. The van der Waals surface area contributed by atoms with Crippen molar-refractivity contribution in [2.75, 3.05) is 6.26 Å². The molecule has 0 aliphatic heterocycles. The fourth-order valence-corrected chi connectivity index (χ4v) is 4.41. The van der Waals surface area contributed by atoms with Crippen LogP contribution in [-0.2, 0) is 12.3 Å². The fraction of sp³-hybridized carbons (Fsp3) is 0.211. The molecule has 1 heterocycles. The maximum atomic E-state index is 6.14. The van der Waals surface area contributed by atoms with Crippen LogP contribution in [0.4, 0.5) is 0 Å². The average Bonchev–Trinajstić information content (AvgIpc) is 3.15. The second-order valence-corrected chi connectivity index (χ2v) is 8.47. The molecule has 1 atom stereocenters. The number of halogens is 2. The normalized spacial score (nSPS) is 12.3. The van der Waals surface area contributed by atoms with Gasteiger partial charge >= 0.3 is 0 Å². The van der Waals surface area contributed by atoms with Crippen LogP contribution in [-0.4, -0.2) is 15.8 Å². The van der Waals surface area contributed by atoms with Crippen LogP contribution >= 0.6 is 46.7 Å². The first-order valence-corrected chi connectivity index (χ1v) is 10.8. The van der Waals surface area contributed by atoms with E-state index in [-0.39, 0.29) is 0 Å². The van der Waals surface area contributed by atoms with Crippen LogP contribution in [0.15, 0.2) is 66.1 Å². The van der Waals surface area contributed by atoms with Crippen LogP contribution in [0.25, 0.3) is 0 Å². The quantitative estimate of drug-likeness (QED) is 0.410. The predicted octanol–water partition coefficient (Wildman–Crippen LogP) is 6.59. The Kier molecular flexibility index (Phi) is 6.77. The zero-order valence-electron chi connectivity index (χ0n) is 13.7. The zero-order chi connectivity index (χ0) is 17.6. The van der Waals surface area contributed by atoms with Crippen molar-refractivity contribution >= 4 is 46.7 Å². The molecule has 0 saturated carbocycles. The largest absolute Gasteiger partial charge is 0.336 e. The summed E-state index contributed by atoms with van der Waals surface area (Å²) in [5.74, 6) is 0.876. The van der Waals surface area contributed by atoms with E-state index in [9.17, 15) is 0 Å². The summed E-state index contributed by atoms with van der Waals surface area (Å²) in [5.41, 5.74) is 2.49. The Labute approximate surface area is 166 Å². The molecule has 0 radical (unpaired) electrons. The van der Waals surface area contributed by atoms with E-state index in [0.717, 1.165) is 12.3 Å². The highest BCUT2D eigenvalue weighted by atomic mass is 35.5. The number of imidazole rings is 1. The summed E-state index contributed by atoms with van der Waals surface area (Å²) >= 11 is 15.8. The van der Waals surface area contributed by atoms with E-state index in [2.05, 4.69) is 40.1 Å². The lowest BCUT2D eigenvalue weighted by Crippen LogP contribution is -2.05. The van der Waals surface area contributed by atoms with Crippen molar-refractivity contribution in [1.29, 1.82) is 0 Å². The highest BCUT2D eigenvalue weighted by Gasteiger charge is 2.14. The van der Waals surface area contributed by atoms with Gasteiger partial charge in [-0.3, -0.25) is 0 Å². The molecule has 6 heteroatoms. The Morgan fingerprint density at radius 2 is 1.88 bits per heavy atom. The fourth-order valence-electron chi connectivity index (χ4n) is 2.49. The van der Waals surface area contributed by atoms with Crippen LogP contribution in [0.1, 0.15) is 16.4 Å². The Bertz CT molecular complexity index is 805. The van der Waals surface area contributed by atoms with E-state index in [1.54, 1.807) is 11.8 Å². The third kappa shape index (κ3) is 5.20. The molecule has 1 aromatic heterocycles. The molecule has 3 rings (SSSR count). The summed E-state index contributed by atoms with van der Waals surface area (Å²) in [5, 5.41) is 1.54. The summed E-state index contributed by atoms with van der Waals surface area (Å²) in [6.07, 6.45) is 7.78. The van der Waals surface area contributed by atoms with Crippen molar-refractivity contribution in [3.8, 4) is 0 Å². The second-order valence-electron chi connectivity index (χ2n) is 5.58. The van der Waals surface area contributed by atoms with Gasteiger partial charge in [0.1, 0.15) is 0 Å². The molecule has 3 aromatic rings. The molecule has 130 valence electrons. The first-order valence-electron chi connectivity index (χ1n) is 7.81. The molecule has 0 aliphatic rings. The summed E-state index contributed by atoms with van der Waals surface area (Å²) in [4.78, 5) is 5.43. The van der Waals surface area contributed by atoms with Crippen molar-refractivity contribution in [1.82, 2.24) is 9.55 Å². The van der Waals surface area contributed by atoms with Crippen molar-refractivity contribution in [2.24, 2.45) is 0 Å². The molecule has 0 amide bonds. The van der Waals surface area contributed by atoms with Gasteiger partial charge in [0.05, 0.1) is 16.4 Å². The van der Waals surface area contributed by atoms with Crippen molar-refractivity contribution in [3.05, 3.63) is 82.4 Å². The topological polar surface area (TPSA) is 17.8 Å². The number of thioether (sulfide) groups is 2. The zero-order valence-corrected chi connectivity index (χ0v) is 16.9. The standard InChI is InChI=1S/C19H18Cl2N2S2/c1-24-16-5-3-15(4-6-16)19(11-23-9-8-22-13-23)25-12-14-2-7-17(20)18(21)10-14/h2-10,13,19H,11-12H2,1H3. The van der Waals surface area contributed by atoms with Crippen LogP contribution in [0.2, 0.25) is 10.0 Å². The third-order valence-electron chi connectivity index (χ3n) is 3.86. The maximum absolute atomic E-state index is 6.14. The van der Waals surface area contributed by atoms with Gasteiger partial charge in [-0.25, -0.2) is 4.98 Å². The van der Waals surface area contributed by atoms with Gasteiger partial charge in [-0.15, -0.1) is 23.5 Å². The summed E-state index contributed by atoms with van der Waals surface area (Å²) in [6, 6.07) is 14.6. The maximum Gasteiger partial charge on any atom is 0.0946 e. The van der Waals surface area contributed by atoms with E-state index in [1.165, 1.54) is 16.0 Å². The highest BCUT2D eigenvalue weighted by molar-refractivity contribution is 7.99. The van der Waals surface area contributed by atoms with E-state index in [4.69, 9.17) is 23.2 Å². The van der Waals surface area contributed by atoms with Crippen LogP contribution in [0, 0.1) is 0 Å². The van der Waals surface area contributed by atoms with Gasteiger partial charge in [-0.1, -0.05) is 41.4 Å². The summed E-state index contributed by atoms with van der Waals surface area (Å²) in [6.45, 7) is 0.880. The van der Waals surface area contributed by atoms with Crippen LogP contribution in [0.5, 0.6) is 0 Å². The van der Waals surface area contributed by atoms with Gasteiger partial charge in [0.2, 0.25) is 0 Å². The van der Waals surface area contributed by atoms with Gasteiger partial charge < -0.3 is 4.57 Å². The Morgan fingerprint density at radius 1 is 1.08 bits per heavy atom. The number of nitrogens with zero attached hydrogens (tertiary/aromatic N) is 2. The monoisotopic (exact) mass is 408 g/mol.